The summed E-state index contributed by atoms with van der Waals surface area (Å²) in [5, 5.41) is 32.9. The second-order valence-corrected chi connectivity index (χ2v) is 9.51. The molecular weight excluding hydrogens is 409 g/mol. The van der Waals surface area contributed by atoms with Crippen molar-refractivity contribution in [3.05, 3.63) is 35.4 Å². The lowest BCUT2D eigenvalue weighted by Gasteiger charge is -2.24. The van der Waals surface area contributed by atoms with Crippen LogP contribution in [0.1, 0.15) is 53.0 Å². The minimum Gasteiger partial charge on any atom is -0.493 e. The van der Waals surface area contributed by atoms with Crippen LogP contribution in [0.5, 0.6) is 5.75 Å². The van der Waals surface area contributed by atoms with Gasteiger partial charge < -0.3 is 25.4 Å². The predicted molar refractivity (Wildman–Crippen MR) is 124 cm³/mol. The van der Waals surface area contributed by atoms with Crippen LogP contribution in [-0.4, -0.2) is 47.7 Å². The SMILES string of the molecule is CC(C)(CCB(O)O)CNC(=O)CCOc1cccc(C=C(C#N)C(=O)NC(C)(C)C)c1. The second-order valence-electron chi connectivity index (χ2n) is 9.51. The summed E-state index contributed by atoms with van der Waals surface area (Å²) < 4.78 is 5.64. The van der Waals surface area contributed by atoms with Crippen LogP contribution in [0, 0.1) is 16.7 Å². The Hall–Kier alpha value is -2.83. The van der Waals surface area contributed by atoms with Crippen molar-refractivity contribution in [2.24, 2.45) is 5.41 Å². The van der Waals surface area contributed by atoms with E-state index in [4.69, 9.17) is 14.8 Å². The van der Waals surface area contributed by atoms with Gasteiger partial charge in [0, 0.05) is 12.1 Å². The second kappa shape index (κ2) is 12.3. The minimum absolute atomic E-state index is 0.00668. The zero-order valence-electron chi connectivity index (χ0n) is 19.6. The maximum absolute atomic E-state index is 12.2. The van der Waals surface area contributed by atoms with Crippen molar-refractivity contribution in [2.45, 2.75) is 59.3 Å². The van der Waals surface area contributed by atoms with Gasteiger partial charge in [-0.25, -0.2) is 0 Å². The van der Waals surface area contributed by atoms with Gasteiger partial charge in [0.05, 0.1) is 13.0 Å². The summed E-state index contributed by atoms with van der Waals surface area (Å²) in [5.41, 5.74) is -0.0693. The smallest absolute Gasteiger partial charge is 0.451 e. The number of carbonyl (C=O) groups is 2. The Morgan fingerprint density at radius 1 is 1.22 bits per heavy atom. The van der Waals surface area contributed by atoms with Crippen molar-refractivity contribution in [3.63, 3.8) is 0 Å². The molecule has 9 heteroatoms. The monoisotopic (exact) mass is 443 g/mol. The third-order valence-corrected chi connectivity index (χ3v) is 4.46. The molecule has 0 heterocycles. The Morgan fingerprint density at radius 3 is 2.50 bits per heavy atom. The van der Waals surface area contributed by atoms with Gasteiger partial charge in [-0.3, -0.25) is 9.59 Å². The Balaban J connectivity index is 2.58. The van der Waals surface area contributed by atoms with Gasteiger partial charge in [-0.15, -0.1) is 0 Å². The number of nitrogens with one attached hydrogen (secondary N) is 2. The Morgan fingerprint density at radius 2 is 1.91 bits per heavy atom. The van der Waals surface area contributed by atoms with Gasteiger partial charge in [-0.05, 0) is 62.7 Å². The number of ether oxygens (including phenoxy) is 1. The summed E-state index contributed by atoms with van der Waals surface area (Å²) in [6, 6.07) is 8.86. The van der Waals surface area contributed by atoms with Crippen LogP contribution < -0.4 is 15.4 Å². The summed E-state index contributed by atoms with van der Waals surface area (Å²) in [6.45, 7) is 10.0. The lowest BCUT2D eigenvalue weighted by molar-refractivity contribution is -0.122. The van der Waals surface area contributed by atoms with Crippen molar-refractivity contribution in [1.82, 2.24) is 10.6 Å². The lowest BCUT2D eigenvalue weighted by atomic mass is 9.75. The van der Waals surface area contributed by atoms with E-state index in [9.17, 15) is 14.9 Å². The molecule has 0 atom stereocenters. The highest BCUT2D eigenvalue weighted by atomic mass is 16.5. The van der Waals surface area contributed by atoms with E-state index in [1.807, 2.05) is 40.7 Å². The van der Waals surface area contributed by atoms with Gasteiger partial charge in [0.15, 0.2) is 0 Å². The normalized spacial score (nSPS) is 12.0. The van der Waals surface area contributed by atoms with Crippen molar-refractivity contribution in [1.29, 1.82) is 5.26 Å². The highest BCUT2D eigenvalue weighted by Gasteiger charge is 2.21. The summed E-state index contributed by atoms with van der Waals surface area (Å²) in [5.74, 6) is -0.0824. The number of hydrogen-bond donors (Lipinski definition) is 4. The molecule has 2 amide bonds. The molecule has 0 aliphatic rings. The van der Waals surface area contributed by atoms with E-state index in [-0.39, 0.29) is 36.2 Å². The molecular formula is C23H34BN3O5. The van der Waals surface area contributed by atoms with Gasteiger partial charge >= 0.3 is 7.12 Å². The molecule has 4 N–H and O–H groups in total. The standard InChI is InChI=1S/C23H34BN3O5/c1-22(2,3)27-21(29)18(15-25)13-17-7-6-8-19(14-17)32-12-9-20(28)26-16-23(4,5)10-11-24(30)31/h6-8,13-14,30-31H,9-12,16H2,1-5H3,(H,26,28)(H,27,29). The van der Waals surface area contributed by atoms with Crippen LogP contribution in [0.15, 0.2) is 29.8 Å². The maximum Gasteiger partial charge on any atom is 0.451 e. The number of amides is 2. The van der Waals surface area contributed by atoms with Crippen LogP contribution in [-0.2, 0) is 9.59 Å². The molecule has 32 heavy (non-hydrogen) atoms. The zero-order valence-corrected chi connectivity index (χ0v) is 19.6. The molecule has 0 fully saturated rings. The highest BCUT2D eigenvalue weighted by Crippen LogP contribution is 2.22. The van der Waals surface area contributed by atoms with Crippen molar-refractivity contribution in [3.8, 4) is 11.8 Å². The van der Waals surface area contributed by atoms with E-state index in [0.717, 1.165) is 0 Å². The van der Waals surface area contributed by atoms with E-state index in [2.05, 4.69) is 10.6 Å². The molecule has 0 unspecified atom stereocenters. The van der Waals surface area contributed by atoms with Gasteiger partial charge in [-0.1, -0.05) is 26.0 Å². The number of carbonyl (C=O) groups excluding carboxylic acids is 2. The average molecular weight is 443 g/mol. The first-order valence-electron chi connectivity index (χ1n) is 10.6. The van der Waals surface area contributed by atoms with Gasteiger partial charge in [0.25, 0.3) is 5.91 Å². The number of nitriles is 1. The first-order chi connectivity index (χ1) is 14.8. The molecule has 0 saturated heterocycles. The van der Waals surface area contributed by atoms with Crippen LogP contribution in [0.25, 0.3) is 6.08 Å². The first-order valence-corrected chi connectivity index (χ1v) is 10.6. The Kier molecular flexibility index (Phi) is 10.4. The summed E-state index contributed by atoms with van der Waals surface area (Å²) >= 11 is 0. The van der Waals surface area contributed by atoms with Gasteiger partial charge in [0.1, 0.15) is 17.4 Å². The molecule has 0 radical (unpaired) electrons. The lowest BCUT2D eigenvalue weighted by Crippen LogP contribution is -2.41. The van der Waals surface area contributed by atoms with Crippen molar-refractivity contribution < 1.29 is 24.4 Å². The average Bonchev–Trinajstić information content (AvgIpc) is 2.68. The molecule has 1 aromatic rings. The van der Waals surface area contributed by atoms with Gasteiger partial charge in [-0.2, -0.15) is 5.26 Å². The number of nitrogens with zero attached hydrogens (tertiary/aromatic N) is 1. The van der Waals surface area contributed by atoms with Gasteiger partial charge in [0.2, 0.25) is 5.91 Å². The van der Waals surface area contributed by atoms with Crippen LogP contribution in [0.2, 0.25) is 6.32 Å². The fraction of sp³-hybridized carbons (Fsp3) is 0.522. The molecule has 1 aromatic carbocycles. The molecule has 0 aliphatic carbocycles. The van der Waals surface area contributed by atoms with E-state index in [0.29, 0.717) is 24.3 Å². The topological polar surface area (TPSA) is 132 Å². The highest BCUT2D eigenvalue weighted by molar-refractivity contribution is 6.40. The van der Waals surface area contributed by atoms with E-state index in [1.54, 1.807) is 24.3 Å². The number of benzene rings is 1. The molecule has 0 aromatic heterocycles. The molecule has 0 aliphatic heterocycles. The maximum atomic E-state index is 12.2. The minimum atomic E-state index is -1.35. The largest absolute Gasteiger partial charge is 0.493 e. The van der Waals surface area contributed by atoms with E-state index in [1.165, 1.54) is 6.08 Å². The molecule has 0 spiro atoms. The molecule has 8 nitrogen and oxygen atoms in total. The fourth-order valence-electron chi connectivity index (χ4n) is 2.71. The van der Waals surface area contributed by atoms with Crippen LogP contribution >= 0.6 is 0 Å². The Labute approximate surface area is 190 Å². The van der Waals surface area contributed by atoms with E-state index < -0.39 is 18.6 Å². The summed E-state index contributed by atoms with van der Waals surface area (Å²) in [7, 11) is -1.35. The fourth-order valence-corrected chi connectivity index (χ4v) is 2.71. The molecule has 0 saturated carbocycles. The van der Waals surface area contributed by atoms with E-state index >= 15 is 0 Å². The third kappa shape index (κ3) is 11.5. The summed E-state index contributed by atoms with van der Waals surface area (Å²) in [4.78, 5) is 24.3. The zero-order chi connectivity index (χ0) is 24.4. The first kappa shape index (κ1) is 27.2. The quantitative estimate of drug-likeness (QED) is 0.236. The molecule has 174 valence electrons. The van der Waals surface area contributed by atoms with Crippen molar-refractivity contribution in [2.75, 3.05) is 13.2 Å². The third-order valence-electron chi connectivity index (χ3n) is 4.46. The number of rotatable bonds is 11. The van der Waals surface area contributed by atoms with Crippen LogP contribution in [0.4, 0.5) is 0 Å². The van der Waals surface area contributed by atoms with Crippen LogP contribution in [0.3, 0.4) is 0 Å². The summed E-state index contributed by atoms with van der Waals surface area (Å²) in [6.07, 6.45) is 2.48. The predicted octanol–water partition coefficient (Wildman–Crippen LogP) is 2.28. The molecule has 1 rings (SSSR count). The number of hydrogen-bond acceptors (Lipinski definition) is 6. The Bertz CT molecular complexity index is 854. The van der Waals surface area contributed by atoms with Crippen molar-refractivity contribution >= 4 is 25.0 Å². The molecule has 0 bridgehead atoms.